The second-order valence-corrected chi connectivity index (χ2v) is 6.70. The Morgan fingerprint density at radius 2 is 2.24 bits per heavy atom. The van der Waals surface area contributed by atoms with Crippen LogP contribution in [0.3, 0.4) is 0 Å². The van der Waals surface area contributed by atoms with E-state index in [9.17, 15) is 4.79 Å². The van der Waals surface area contributed by atoms with E-state index >= 15 is 0 Å². The van der Waals surface area contributed by atoms with Gasteiger partial charge in [0.1, 0.15) is 0 Å². The predicted octanol–water partition coefficient (Wildman–Crippen LogP) is 1.44. The molecule has 8 heteroatoms. The van der Waals surface area contributed by atoms with Crippen molar-refractivity contribution in [3.8, 4) is 0 Å². The molecular weight excluding hydrogens is 322 g/mol. The Balaban J connectivity index is 1.97. The van der Waals surface area contributed by atoms with Crippen molar-refractivity contribution in [1.29, 1.82) is 0 Å². The molecule has 0 amide bonds. The normalized spacial score (nSPS) is 21.0. The maximum absolute atomic E-state index is 11.9. The Bertz CT molecular complexity index is 599. The van der Waals surface area contributed by atoms with Crippen LogP contribution in [0.4, 0.5) is 0 Å². The first-order valence-corrected chi connectivity index (χ1v) is 8.89. The molecule has 0 aliphatic carbocycles. The van der Waals surface area contributed by atoms with Gasteiger partial charge in [-0.1, -0.05) is 25.9 Å². The minimum atomic E-state index is -0.155. The van der Waals surface area contributed by atoms with Crippen molar-refractivity contribution in [2.45, 2.75) is 40.0 Å². The van der Waals surface area contributed by atoms with Crippen LogP contribution >= 0.6 is 0 Å². The molecule has 1 aromatic heterocycles. The van der Waals surface area contributed by atoms with E-state index in [2.05, 4.69) is 32.3 Å². The first-order valence-electron chi connectivity index (χ1n) is 8.89. The number of carbonyl (C=O) groups excluding carboxylic acids is 1. The molecule has 1 fully saturated rings. The van der Waals surface area contributed by atoms with E-state index in [1.807, 2.05) is 20.8 Å². The smallest absolute Gasteiger partial charge is 0.310 e. The number of ether oxygens (including phenoxy) is 1. The van der Waals surface area contributed by atoms with E-state index in [1.165, 1.54) is 7.11 Å². The molecule has 1 saturated heterocycles. The number of aliphatic imine (C=N–C) groups is 1. The number of guanidine groups is 1. The molecule has 1 aliphatic heterocycles. The molecule has 1 aliphatic rings. The van der Waals surface area contributed by atoms with E-state index in [-0.39, 0.29) is 23.7 Å². The van der Waals surface area contributed by atoms with Gasteiger partial charge in [0.2, 0.25) is 5.89 Å². The summed E-state index contributed by atoms with van der Waals surface area (Å²) in [5.74, 6) is 2.35. The Hall–Kier alpha value is -2.12. The number of aromatic nitrogens is 2. The summed E-state index contributed by atoms with van der Waals surface area (Å²) in [5, 5.41) is 7.25. The summed E-state index contributed by atoms with van der Waals surface area (Å²) in [6.45, 7) is 10.9. The predicted molar refractivity (Wildman–Crippen MR) is 94.3 cm³/mol. The van der Waals surface area contributed by atoms with Crippen LogP contribution in [0.2, 0.25) is 0 Å². The third kappa shape index (κ3) is 4.93. The molecule has 0 bridgehead atoms. The Kier molecular flexibility index (Phi) is 6.78. The topological polar surface area (TPSA) is 92.9 Å². The summed E-state index contributed by atoms with van der Waals surface area (Å²) in [6.07, 6.45) is 0.596. The van der Waals surface area contributed by atoms with Crippen molar-refractivity contribution < 1.29 is 14.1 Å². The van der Waals surface area contributed by atoms with Gasteiger partial charge in [-0.05, 0) is 12.8 Å². The summed E-state index contributed by atoms with van der Waals surface area (Å²) in [6, 6.07) is 0. The van der Waals surface area contributed by atoms with Gasteiger partial charge in [0, 0.05) is 32.0 Å². The van der Waals surface area contributed by atoms with Crippen LogP contribution in [0.25, 0.3) is 0 Å². The average molecular weight is 351 g/mol. The van der Waals surface area contributed by atoms with Gasteiger partial charge < -0.3 is 19.5 Å². The quantitative estimate of drug-likeness (QED) is 0.471. The minimum absolute atomic E-state index is 0.113. The van der Waals surface area contributed by atoms with E-state index < -0.39 is 0 Å². The second kappa shape index (κ2) is 8.82. The average Bonchev–Trinajstić information content (AvgIpc) is 3.20. The van der Waals surface area contributed by atoms with Crippen molar-refractivity contribution in [1.82, 2.24) is 20.4 Å². The summed E-state index contributed by atoms with van der Waals surface area (Å²) in [5.41, 5.74) is 0. The van der Waals surface area contributed by atoms with Crippen LogP contribution in [0.5, 0.6) is 0 Å². The van der Waals surface area contributed by atoms with Crippen molar-refractivity contribution >= 4 is 11.9 Å². The van der Waals surface area contributed by atoms with Crippen LogP contribution < -0.4 is 5.32 Å². The molecule has 1 aromatic rings. The van der Waals surface area contributed by atoms with Gasteiger partial charge in [0.05, 0.1) is 19.6 Å². The number of carbonyl (C=O) groups is 1. The molecule has 25 heavy (non-hydrogen) atoms. The third-order valence-corrected chi connectivity index (χ3v) is 4.34. The van der Waals surface area contributed by atoms with Crippen molar-refractivity contribution in [2.75, 3.05) is 33.3 Å². The van der Waals surface area contributed by atoms with E-state index in [0.717, 1.165) is 24.9 Å². The highest BCUT2D eigenvalue weighted by Gasteiger charge is 2.36. The van der Waals surface area contributed by atoms with Gasteiger partial charge in [-0.15, -0.1) is 0 Å². The van der Waals surface area contributed by atoms with Crippen LogP contribution in [-0.4, -0.2) is 60.3 Å². The van der Waals surface area contributed by atoms with Crippen LogP contribution in [-0.2, 0) is 16.0 Å². The zero-order chi connectivity index (χ0) is 18.4. The van der Waals surface area contributed by atoms with Crippen LogP contribution in [0, 0.1) is 11.8 Å². The first-order chi connectivity index (χ1) is 12.0. The maximum Gasteiger partial charge on any atom is 0.310 e. The zero-order valence-electron chi connectivity index (χ0n) is 15.8. The molecular formula is C17H29N5O3. The van der Waals surface area contributed by atoms with Gasteiger partial charge in [-0.3, -0.25) is 9.79 Å². The number of hydrogen-bond donors (Lipinski definition) is 1. The number of hydrogen-bond acceptors (Lipinski definition) is 6. The van der Waals surface area contributed by atoms with Crippen molar-refractivity contribution in [3.05, 3.63) is 11.7 Å². The maximum atomic E-state index is 11.9. The molecule has 0 aromatic carbocycles. The number of likely N-dealkylation sites (tertiary alicyclic amines) is 1. The standard InChI is InChI=1S/C17H29N5O3/c1-6-18-17(22-9-12(4)13(10-22)16(23)24-5)19-8-7-14-20-15(11(2)3)21-25-14/h11-13H,6-10H2,1-5H3,(H,18,19). The molecule has 8 nitrogen and oxygen atoms in total. The van der Waals surface area contributed by atoms with Crippen LogP contribution in [0.15, 0.2) is 9.52 Å². The Morgan fingerprint density at radius 1 is 1.48 bits per heavy atom. The third-order valence-electron chi connectivity index (χ3n) is 4.34. The highest BCUT2D eigenvalue weighted by Crippen LogP contribution is 2.24. The van der Waals surface area contributed by atoms with Crippen molar-refractivity contribution in [3.63, 3.8) is 0 Å². The monoisotopic (exact) mass is 351 g/mol. The lowest BCUT2D eigenvalue weighted by molar-refractivity contribution is -0.145. The van der Waals surface area contributed by atoms with Gasteiger partial charge in [0.15, 0.2) is 11.8 Å². The summed E-state index contributed by atoms with van der Waals surface area (Å²) >= 11 is 0. The highest BCUT2D eigenvalue weighted by molar-refractivity contribution is 5.82. The molecule has 0 saturated carbocycles. The van der Waals surface area contributed by atoms with Gasteiger partial charge in [0.25, 0.3) is 0 Å². The fourth-order valence-corrected chi connectivity index (χ4v) is 2.89. The van der Waals surface area contributed by atoms with Gasteiger partial charge in [-0.25, -0.2) is 0 Å². The molecule has 2 atom stereocenters. The number of nitrogens with one attached hydrogen (secondary N) is 1. The number of methoxy groups -OCH3 is 1. The van der Waals surface area contributed by atoms with E-state index in [1.54, 1.807) is 0 Å². The van der Waals surface area contributed by atoms with Gasteiger partial charge >= 0.3 is 5.97 Å². The highest BCUT2D eigenvalue weighted by atomic mass is 16.5. The minimum Gasteiger partial charge on any atom is -0.469 e. The van der Waals surface area contributed by atoms with Gasteiger partial charge in [-0.2, -0.15) is 4.98 Å². The molecule has 0 radical (unpaired) electrons. The van der Waals surface area contributed by atoms with Crippen molar-refractivity contribution in [2.24, 2.45) is 16.8 Å². The summed E-state index contributed by atoms with van der Waals surface area (Å²) in [4.78, 5) is 23.0. The summed E-state index contributed by atoms with van der Waals surface area (Å²) in [7, 11) is 1.44. The molecule has 2 rings (SSSR count). The first kappa shape index (κ1) is 19.2. The molecule has 2 heterocycles. The van der Waals surface area contributed by atoms with E-state index in [0.29, 0.717) is 25.4 Å². The molecule has 2 unspecified atom stereocenters. The molecule has 140 valence electrons. The number of nitrogens with zero attached hydrogens (tertiary/aromatic N) is 4. The fraction of sp³-hybridized carbons (Fsp3) is 0.765. The zero-order valence-corrected chi connectivity index (χ0v) is 15.8. The lowest BCUT2D eigenvalue weighted by Crippen LogP contribution is -2.40. The van der Waals surface area contributed by atoms with E-state index in [4.69, 9.17) is 9.26 Å². The number of esters is 1. The molecule has 1 N–H and O–H groups in total. The lowest BCUT2D eigenvalue weighted by atomic mass is 9.99. The summed E-state index contributed by atoms with van der Waals surface area (Å²) < 4.78 is 10.1. The van der Waals surface area contributed by atoms with Crippen LogP contribution in [0.1, 0.15) is 45.3 Å². The number of rotatable bonds is 6. The SMILES string of the molecule is CCNC(=NCCc1nc(C(C)C)no1)N1CC(C)C(C(=O)OC)C1. The fourth-order valence-electron chi connectivity index (χ4n) is 2.89. The Morgan fingerprint density at radius 3 is 2.84 bits per heavy atom. The Labute approximate surface area is 149 Å². The second-order valence-electron chi connectivity index (χ2n) is 6.70. The molecule has 0 spiro atoms. The largest absolute Gasteiger partial charge is 0.469 e. The lowest BCUT2D eigenvalue weighted by Gasteiger charge is -2.21.